The van der Waals surface area contributed by atoms with Gasteiger partial charge in [0.1, 0.15) is 11.3 Å². The van der Waals surface area contributed by atoms with Crippen molar-refractivity contribution in [2.45, 2.75) is 39.3 Å². The van der Waals surface area contributed by atoms with E-state index in [-0.39, 0.29) is 36.6 Å². The molecule has 0 radical (unpaired) electrons. The predicted octanol–water partition coefficient (Wildman–Crippen LogP) is 2.78. The fourth-order valence-corrected chi connectivity index (χ4v) is 4.07. The van der Waals surface area contributed by atoms with Crippen LogP contribution in [0.3, 0.4) is 0 Å². The normalized spacial score (nSPS) is 15.3. The van der Waals surface area contributed by atoms with E-state index in [0.717, 1.165) is 15.7 Å². The lowest BCUT2D eigenvalue weighted by atomic mass is 9.98. The first-order valence-electron chi connectivity index (χ1n) is 11.2. The second-order valence-corrected chi connectivity index (χ2v) is 7.86. The van der Waals surface area contributed by atoms with Gasteiger partial charge in [0.25, 0.3) is 5.56 Å². The molecule has 4 rings (SSSR count). The van der Waals surface area contributed by atoms with Gasteiger partial charge < -0.3 is 9.84 Å². The number of ether oxygens (including phenoxy) is 1. The molecule has 1 unspecified atom stereocenters. The lowest BCUT2D eigenvalue weighted by Gasteiger charge is -2.23. The first-order chi connectivity index (χ1) is 16.4. The second kappa shape index (κ2) is 9.78. The summed E-state index contributed by atoms with van der Waals surface area (Å²) in [6, 6.07) is 15.9. The number of hydrogen-bond acceptors (Lipinski definition) is 6. The van der Waals surface area contributed by atoms with Crippen LogP contribution < -0.4 is 16.0 Å². The van der Waals surface area contributed by atoms with Gasteiger partial charge in [0.2, 0.25) is 11.8 Å². The minimum atomic E-state index is -0.756. The number of rotatable bonds is 7. The molecule has 2 N–H and O–H groups in total. The van der Waals surface area contributed by atoms with Gasteiger partial charge in [-0.05, 0) is 18.6 Å². The van der Waals surface area contributed by atoms with Crippen molar-refractivity contribution in [3.63, 3.8) is 0 Å². The van der Waals surface area contributed by atoms with Crippen LogP contribution in [-0.4, -0.2) is 37.9 Å². The average Bonchev–Trinajstić information content (AvgIpc) is 3.27. The summed E-state index contributed by atoms with van der Waals surface area (Å²) in [6.45, 7) is 4.11. The summed E-state index contributed by atoms with van der Waals surface area (Å²) in [6.07, 6.45) is 0.385. The number of carbonyl (C=O) groups excluding carboxylic acids is 1. The molecule has 1 amide bonds. The molecule has 0 spiro atoms. The molecule has 1 aliphatic rings. The maximum absolute atomic E-state index is 12.8. The third kappa shape index (κ3) is 4.36. The number of aromatic amines is 1. The van der Waals surface area contributed by atoms with E-state index in [1.807, 2.05) is 61.5 Å². The molecule has 0 fully saturated rings. The van der Waals surface area contributed by atoms with Gasteiger partial charge in [0.15, 0.2) is 0 Å². The number of carbonyl (C=O) groups is 1. The Morgan fingerprint density at radius 1 is 1.12 bits per heavy atom. The number of nitrogens with zero attached hydrogens (tertiary/aromatic N) is 3. The highest BCUT2D eigenvalue weighted by molar-refractivity contribution is 6.04. The first-order valence-corrected chi connectivity index (χ1v) is 11.2. The number of hydrogen-bond donors (Lipinski definition) is 2. The maximum atomic E-state index is 12.8. The smallest absolute Gasteiger partial charge is 0.331 e. The van der Waals surface area contributed by atoms with Crippen LogP contribution >= 0.6 is 0 Å². The van der Waals surface area contributed by atoms with Gasteiger partial charge in [-0.1, -0.05) is 55.5 Å². The van der Waals surface area contributed by atoms with Crippen LogP contribution in [-0.2, 0) is 11.3 Å². The van der Waals surface area contributed by atoms with Crippen LogP contribution in [0.15, 0.2) is 69.3 Å². The largest absolute Gasteiger partial charge is 0.494 e. The van der Waals surface area contributed by atoms with E-state index >= 15 is 0 Å². The maximum Gasteiger partial charge on any atom is 0.331 e. The van der Waals surface area contributed by atoms with E-state index in [9.17, 15) is 19.5 Å². The van der Waals surface area contributed by atoms with E-state index in [2.05, 4.69) is 10.1 Å². The van der Waals surface area contributed by atoms with E-state index in [1.165, 1.54) is 5.01 Å². The van der Waals surface area contributed by atoms with Gasteiger partial charge in [-0.3, -0.25) is 19.1 Å². The highest BCUT2D eigenvalue weighted by Crippen LogP contribution is 2.38. The van der Waals surface area contributed by atoms with Gasteiger partial charge in [-0.15, -0.1) is 0 Å². The Bertz CT molecular complexity index is 1340. The molecule has 0 saturated carbocycles. The van der Waals surface area contributed by atoms with Crippen LogP contribution in [0.25, 0.3) is 0 Å². The Kier molecular flexibility index (Phi) is 6.62. The molecule has 2 aromatic carbocycles. The van der Waals surface area contributed by atoms with Crippen LogP contribution in [0.2, 0.25) is 0 Å². The van der Waals surface area contributed by atoms with Crippen molar-refractivity contribution in [3.8, 4) is 11.6 Å². The lowest BCUT2D eigenvalue weighted by Crippen LogP contribution is -2.34. The molecule has 34 heavy (non-hydrogen) atoms. The zero-order valence-corrected chi connectivity index (χ0v) is 19.0. The molecule has 9 heteroatoms. The quantitative estimate of drug-likeness (QED) is 0.560. The highest BCUT2D eigenvalue weighted by atomic mass is 16.5. The summed E-state index contributed by atoms with van der Waals surface area (Å²) >= 11 is 0. The van der Waals surface area contributed by atoms with Crippen molar-refractivity contribution in [2.75, 3.05) is 6.61 Å². The van der Waals surface area contributed by atoms with Crippen LogP contribution in [0, 0.1) is 0 Å². The summed E-state index contributed by atoms with van der Waals surface area (Å²) in [5, 5.41) is 16.8. The molecule has 176 valence electrons. The van der Waals surface area contributed by atoms with Crippen molar-refractivity contribution in [1.82, 2.24) is 14.6 Å². The van der Waals surface area contributed by atoms with Gasteiger partial charge in [-0.2, -0.15) is 5.10 Å². The van der Waals surface area contributed by atoms with Gasteiger partial charge in [0.05, 0.1) is 24.9 Å². The number of benzene rings is 2. The first kappa shape index (κ1) is 23.0. The number of aromatic hydroxyl groups is 1. The highest BCUT2D eigenvalue weighted by Gasteiger charge is 2.36. The van der Waals surface area contributed by atoms with E-state index in [0.29, 0.717) is 12.4 Å². The molecule has 0 bridgehead atoms. The zero-order valence-electron chi connectivity index (χ0n) is 19.0. The second-order valence-electron chi connectivity index (χ2n) is 7.86. The number of aromatic nitrogens is 2. The van der Waals surface area contributed by atoms with Crippen molar-refractivity contribution < 1.29 is 14.6 Å². The summed E-state index contributed by atoms with van der Waals surface area (Å²) in [4.78, 5) is 40.3. The van der Waals surface area contributed by atoms with E-state index < -0.39 is 23.2 Å². The third-order valence-corrected chi connectivity index (χ3v) is 5.69. The minimum Gasteiger partial charge on any atom is -0.494 e. The molecule has 2 heterocycles. The third-order valence-electron chi connectivity index (χ3n) is 5.69. The lowest BCUT2D eigenvalue weighted by molar-refractivity contribution is -0.132. The summed E-state index contributed by atoms with van der Waals surface area (Å²) in [7, 11) is 0. The van der Waals surface area contributed by atoms with E-state index in [1.54, 1.807) is 6.92 Å². The van der Waals surface area contributed by atoms with Crippen molar-refractivity contribution in [1.29, 1.82) is 0 Å². The topological polar surface area (TPSA) is 117 Å². The summed E-state index contributed by atoms with van der Waals surface area (Å²) < 4.78 is 6.83. The molecule has 1 atom stereocenters. The zero-order chi connectivity index (χ0) is 24.2. The SMILES string of the molecule is CCOc1ccccc1C1CC(c2c(O)n(Cc3ccccc3)c(=O)[nH]c2=O)=NN1C(=O)CC. The van der Waals surface area contributed by atoms with Gasteiger partial charge in [-0.25, -0.2) is 9.80 Å². The van der Waals surface area contributed by atoms with Crippen LogP contribution in [0.1, 0.15) is 49.4 Å². The van der Waals surface area contributed by atoms with Crippen molar-refractivity contribution in [3.05, 3.63) is 92.1 Å². The Morgan fingerprint density at radius 2 is 1.82 bits per heavy atom. The molecule has 1 aromatic heterocycles. The molecule has 1 aliphatic heterocycles. The number of nitrogens with one attached hydrogen (secondary N) is 1. The van der Waals surface area contributed by atoms with Crippen molar-refractivity contribution >= 4 is 11.6 Å². The average molecular weight is 463 g/mol. The molecule has 3 aromatic rings. The Morgan fingerprint density at radius 3 is 2.53 bits per heavy atom. The van der Waals surface area contributed by atoms with Gasteiger partial charge in [0, 0.05) is 18.4 Å². The summed E-state index contributed by atoms with van der Waals surface area (Å²) in [5.74, 6) is -0.105. The Balaban J connectivity index is 1.79. The molecular formula is C25H26N4O5. The molecule has 0 saturated heterocycles. The van der Waals surface area contributed by atoms with E-state index in [4.69, 9.17) is 4.74 Å². The summed E-state index contributed by atoms with van der Waals surface area (Å²) in [5.41, 5.74) is 0.136. The van der Waals surface area contributed by atoms with Crippen molar-refractivity contribution in [2.24, 2.45) is 5.10 Å². The van der Waals surface area contributed by atoms with Crippen LogP contribution in [0.4, 0.5) is 0 Å². The standard InChI is InChI=1S/C25H26N4O5/c1-3-21(30)29-19(17-12-8-9-13-20(17)34-4-2)14-18(27-29)22-23(31)26-25(33)28(24(22)32)15-16-10-6-5-7-11-16/h5-13,19,32H,3-4,14-15H2,1-2H3,(H,26,31,33). The molecular weight excluding hydrogens is 436 g/mol. The number of H-pyrrole nitrogens is 1. The monoisotopic (exact) mass is 462 g/mol. The fraction of sp³-hybridized carbons (Fsp3) is 0.280. The molecule has 9 nitrogen and oxygen atoms in total. The minimum absolute atomic E-state index is 0.0662. The number of hydrazone groups is 1. The number of amides is 1. The van der Waals surface area contributed by atoms with Crippen LogP contribution in [0.5, 0.6) is 11.6 Å². The van der Waals surface area contributed by atoms with Gasteiger partial charge >= 0.3 is 5.69 Å². The molecule has 0 aliphatic carbocycles. The predicted molar refractivity (Wildman–Crippen MR) is 127 cm³/mol. The Hall–Kier alpha value is -4.14. The Labute approximate surface area is 195 Å². The fourth-order valence-electron chi connectivity index (χ4n) is 4.07. The number of para-hydroxylation sites is 1.